The maximum absolute atomic E-state index is 12.9. The number of morpholine rings is 1. The highest BCUT2D eigenvalue weighted by Crippen LogP contribution is 2.55. The van der Waals surface area contributed by atoms with Crippen molar-refractivity contribution in [2.24, 2.45) is 17.8 Å². The second-order valence-electron chi connectivity index (χ2n) is 8.46. The third-order valence-corrected chi connectivity index (χ3v) is 6.89. The first-order chi connectivity index (χ1) is 10.2. The van der Waals surface area contributed by atoms with E-state index in [4.69, 9.17) is 4.74 Å². The Bertz CT molecular complexity index is 412. The normalized spacial score (nSPS) is 50.5. The minimum atomic E-state index is 0.142. The molecule has 21 heavy (non-hydrogen) atoms. The van der Waals surface area contributed by atoms with Crippen LogP contribution in [0.3, 0.4) is 0 Å². The molecule has 6 aliphatic rings. The molecule has 4 heteroatoms. The van der Waals surface area contributed by atoms with Crippen LogP contribution in [0.2, 0.25) is 0 Å². The van der Waals surface area contributed by atoms with E-state index in [1.165, 1.54) is 38.5 Å². The lowest BCUT2D eigenvalue weighted by molar-refractivity contribution is -0.0259. The number of ether oxygens (including phenoxy) is 1. The Balaban J connectivity index is 1.34. The molecule has 0 spiro atoms. The molecule has 4 nitrogen and oxygen atoms in total. The molecule has 2 saturated heterocycles. The van der Waals surface area contributed by atoms with E-state index in [1.54, 1.807) is 0 Å². The molecule has 0 aromatic rings. The Morgan fingerprint density at radius 1 is 0.952 bits per heavy atom. The van der Waals surface area contributed by atoms with Gasteiger partial charge in [0.05, 0.1) is 25.3 Å². The number of urea groups is 1. The molecule has 0 aromatic heterocycles. The van der Waals surface area contributed by atoms with E-state index >= 15 is 0 Å². The van der Waals surface area contributed by atoms with Crippen molar-refractivity contribution in [3.8, 4) is 0 Å². The standard InChI is InChI=1S/C17H26N2O2/c20-16(19-14-1-2-15(19)10-21-9-14)18-17-6-11-3-12(7-17)5-13(4-11)8-17/h11-15H,1-10H2,(H,18,20)/t11?,12?,13?,14-,15-,17?/m1/s1. The van der Waals surface area contributed by atoms with Crippen molar-refractivity contribution >= 4 is 6.03 Å². The van der Waals surface area contributed by atoms with Crippen molar-refractivity contribution in [2.45, 2.75) is 69.0 Å². The summed E-state index contributed by atoms with van der Waals surface area (Å²) in [6.45, 7) is 1.48. The summed E-state index contributed by atoms with van der Waals surface area (Å²) in [5.74, 6) is 2.66. The van der Waals surface area contributed by atoms with Crippen LogP contribution < -0.4 is 5.32 Å². The zero-order valence-corrected chi connectivity index (χ0v) is 12.7. The van der Waals surface area contributed by atoms with Gasteiger partial charge in [0.25, 0.3) is 0 Å². The highest BCUT2D eigenvalue weighted by molar-refractivity contribution is 5.76. The third kappa shape index (κ3) is 1.94. The van der Waals surface area contributed by atoms with E-state index in [2.05, 4.69) is 10.2 Å². The average Bonchev–Trinajstić information content (AvgIpc) is 2.67. The fourth-order valence-electron chi connectivity index (χ4n) is 6.52. The van der Waals surface area contributed by atoms with E-state index < -0.39 is 0 Å². The van der Waals surface area contributed by atoms with Gasteiger partial charge in [-0.2, -0.15) is 0 Å². The Morgan fingerprint density at radius 3 is 2.00 bits per heavy atom. The molecule has 2 amide bonds. The first kappa shape index (κ1) is 12.7. The number of amides is 2. The van der Waals surface area contributed by atoms with E-state index in [-0.39, 0.29) is 11.6 Å². The van der Waals surface area contributed by atoms with E-state index in [0.717, 1.165) is 43.8 Å². The molecule has 6 fully saturated rings. The summed E-state index contributed by atoms with van der Waals surface area (Å²) in [7, 11) is 0. The number of nitrogens with zero attached hydrogens (tertiary/aromatic N) is 1. The molecule has 4 aliphatic carbocycles. The number of nitrogens with one attached hydrogen (secondary N) is 1. The lowest BCUT2D eigenvalue weighted by atomic mass is 9.53. The molecule has 2 heterocycles. The van der Waals surface area contributed by atoms with Crippen LogP contribution >= 0.6 is 0 Å². The highest BCUT2D eigenvalue weighted by Gasteiger charge is 2.52. The maximum Gasteiger partial charge on any atom is 0.318 e. The predicted molar refractivity (Wildman–Crippen MR) is 78.9 cm³/mol. The summed E-state index contributed by atoms with van der Waals surface area (Å²) < 4.78 is 5.61. The minimum Gasteiger partial charge on any atom is -0.377 e. The topological polar surface area (TPSA) is 41.6 Å². The monoisotopic (exact) mass is 290 g/mol. The zero-order valence-electron chi connectivity index (χ0n) is 12.7. The molecule has 0 aromatic carbocycles. The largest absolute Gasteiger partial charge is 0.377 e. The predicted octanol–water partition coefficient (Wildman–Crippen LogP) is 2.53. The van der Waals surface area contributed by atoms with Gasteiger partial charge in [0.15, 0.2) is 0 Å². The number of hydrogen-bond acceptors (Lipinski definition) is 2. The van der Waals surface area contributed by atoms with Gasteiger partial charge in [-0.25, -0.2) is 4.79 Å². The van der Waals surface area contributed by atoms with Crippen molar-refractivity contribution in [3.63, 3.8) is 0 Å². The van der Waals surface area contributed by atoms with Crippen molar-refractivity contribution in [2.75, 3.05) is 13.2 Å². The Hall–Kier alpha value is -0.770. The molecule has 6 rings (SSSR count). The van der Waals surface area contributed by atoms with Crippen molar-refractivity contribution in [1.29, 1.82) is 0 Å². The summed E-state index contributed by atoms with van der Waals surface area (Å²) >= 11 is 0. The van der Waals surface area contributed by atoms with Gasteiger partial charge in [-0.05, 0) is 69.1 Å². The van der Waals surface area contributed by atoms with Gasteiger partial charge >= 0.3 is 6.03 Å². The summed E-state index contributed by atoms with van der Waals surface area (Å²) in [5.41, 5.74) is 0.142. The molecule has 2 aliphatic heterocycles. The second kappa shape index (κ2) is 4.37. The molecule has 0 unspecified atom stereocenters. The summed E-state index contributed by atoms with van der Waals surface area (Å²) in [5, 5.41) is 3.53. The molecular formula is C17H26N2O2. The van der Waals surface area contributed by atoms with Gasteiger partial charge in [0, 0.05) is 5.54 Å². The second-order valence-corrected chi connectivity index (χ2v) is 8.46. The van der Waals surface area contributed by atoms with E-state index in [1.807, 2.05) is 0 Å². The van der Waals surface area contributed by atoms with Crippen LogP contribution in [0.5, 0.6) is 0 Å². The van der Waals surface area contributed by atoms with Crippen LogP contribution in [-0.2, 0) is 4.74 Å². The third-order valence-electron chi connectivity index (χ3n) is 6.89. The summed E-state index contributed by atoms with van der Waals surface area (Å²) in [6.07, 6.45) is 10.3. The maximum atomic E-state index is 12.9. The number of rotatable bonds is 1. The Labute approximate surface area is 126 Å². The Kier molecular flexibility index (Phi) is 2.65. The smallest absolute Gasteiger partial charge is 0.318 e. The average molecular weight is 290 g/mol. The van der Waals surface area contributed by atoms with E-state index in [9.17, 15) is 4.79 Å². The molecule has 2 atom stereocenters. The number of carbonyl (C=O) groups excluding carboxylic acids is 1. The first-order valence-corrected chi connectivity index (χ1v) is 8.89. The lowest BCUT2D eigenvalue weighted by Crippen LogP contribution is -2.64. The fourth-order valence-corrected chi connectivity index (χ4v) is 6.52. The number of hydrogen-bond donors (Lipinski definition) is 1. The molecule has 1 N–H and O–H groups in total. The van der Waals surface area contributed by atoms with Crippen LogP contribution in [0.1, 0.15) is 51.4 Å². The van der Waals surface area contributed by atoms with Crippen molar-refractivity contribution in [3.05, 3.63) is 0 Å². The first-order valence-electron chi connectivity index (χ1n) is 8.89. The molecular weight excluding hydrogens is 264 g/mol. The van der Waals surface area contributed by atoms with Gasteiger partial charge < -0.3 is 15.0 Å². The highest BCUT2D eigenvalue weighted by atomic mass is 16.5. The van der Waals surface area contributed by atoms with Gasteiger partial charge in [0.2, 0.25) is 0 Å². The van der Waals surface area contributed by atoms with Crippen molar-refractivity contribution < 1.29 is 9.53 Å². The van der Waals surface area contributed by atoms with Gasteiger partial charge in [-0.1, -0.05) is 0 Å². The Morgan fingerprint density at radius 2 is 1.48 bits per heavy atom. The van der Waals surface area contributed by atoms with Crippen LogP contribution in [0.4, 0.5) is 4.79 Å². The van der Waals surface area contributed by atoms with Crippen LogP contribution in [0.15, 0.2) is 0 Å². The number of carbonyl (C=O) groups is 1. The van der Waals surface area contributed by atoms with Gasteiger partial charge in [0.1, 0.15) is 0 Å². The van der Waals surface area contributed by atoms with Crippen LogP contribution in [0.25, 0.3) is 0 Å². The quantitative estimate of drug-likeness (QED) is 0.806. The zero-order chi connectivity index (χ0) is 14.0. The summed E-state index contributed by atoms with van der Waals surface area (Å²) in [6, 6.07) is 0.878. The molecule has 116 valence electrons. The lowest BCUT2D eigenvalue weighted by Gasteiger charge is -2.57. The summed E-state index contributed by atoms with van der Waals surface area (Å²) in [4.78, 5) is 15.0. The van der Waals surface area contributed by atoms with Gasteiger partial charge in [-0.3, -0.25) is 0 Å². The molecule has 6 bridgehead atoms. The van der Waals surface area contributed by atoms with Crippen LogP contribution in [-0.4, -0.2) is 41.8 Å². The van der Waals surface area contributed by atoms with E-state index in [0.29, 0.717) is 12.1 Å². The number of fused-ring (bicyclic) bond motifs is 2. The van der Waals surface area contributed by atoms with Gasteiger partial charge in [-0.15, -0.1) is 0 Å². The van der Waals surface area contributed by atoms with Crippen LogP contribution in [0, 0.1) is 17.8 Å². The molecule has 0 radical (unpaired) electrons. The molecule has 4 saturated carbocycles. The van der Waals surface area contributed by atoms with Crippen molar-refractivity contribution in [1.82, 2.24) is 10.2 Å². The fraction of sp³-hybridized carbons (Fsp3) is 0.941. The minimum absolute atomic E-state index is 0.142. The SMILES string of the molecule is O=C(NC12CC3CC(CC(C3)C1)C2)N1[C@@H]2CC[C@@H]1COC2.